The first-order valence-electron chi connectivity index (χ1n) is 9.90. The highest BCUT2D eigenvalue weighted by atomic mass is 16.6. The van der Waals surface area contributed by atoms with Gasteiger partial charge in [-0.1, -0.05) is 42.8 Å². The normalized spacial score (nSPS) is 32.7. The Morgan fingerprint density at radius 3 is 1.57 bits per heavy atom. The van der Waals surface area contributed by atoms with E-state index in [0.717, 1.165) is 19.3 Å². The molecular weight excluding hydrogens is 356 g/mol. The topological polar surface area (TPSA) is 61.8 Å². The van der Waals surface area contributed by atoms with Gasteiger partial charge in [-0.15, -0.1) is 0 Å². The molecule has 2 saturated heterocycles. The number of fused-ring (bicyclic) bond motifs is 5. The van der Waals surface area contributed by atoms with Gasteiger partial charge in [-0.25, -0.2) is 9.59 Å². The lowest BCUT2D eigenvalue weighted by molar-refractivity contribution is -0.0540. The van der Waals surface area contributed by atoms with Gasteiger partial charge in [0.1, 0.15) is 12.2 Å². The van der Waals surface area contributed by atoms with Crippen molar-refractivity contribution in [1.29, 1.82) is 0 Å². The molecule has 6 unspecified atom stereocenters. The van der Waals surface area contributed by atoms with Gasteiger partial charge in [0.25, 0.3) is 0 Å². The lowest BCUT2D eigenvalue weighted by Gasteiger charge is -2.33. The maximum atomic E-state index is 12.7. The van der Waals surface area contributed by atoms with Gasteiger partial charge in [0, 0.05) is 0 Å². The third-order valence-electron chi connectivity index (χ3n) is 6.26. The number of carbonyl (C=O) groups excluding carboxylic acids is 2. The Kier molecular flexibility index (Phi) is 4.40. The van der Waals surface area contributed by atoms with Gasteiger partial charge in [0.05, 0.1) is 11.1 Å². The highest BCUT2D eigenvalue weighted by Crippen LogP contribution is 2.53. The number of rotatable bonds is 4. The fraction of sp³-hybridized carbons (Fsp3) is 0.391. The van der Waals surface area contributed by atoms with Crippen molar-refractivity contribution in [2.45, 2.75) is 43.7 Å². The zero-order valence-electron chi connectivity index (χ0n) is 15.4. The summed E-state index contributed by atoms with van der Waals surface area (Å²) in [4.78, 5) is 25.3. The highest BCUT2D eigenvalue weighted by molar-refractivity contribution is 5.90. The van der Waals surface area contributed by atoms with E-state index in [1.54, 1.807) is 48.5 Å². The standard InChI is InChI=1S/C23H22O5/c24-22(14-8-3-1-4-9-14)27-20-18-16-12-7-13-17(16)19(26-18)21(20)28-23(25)15-10-5-2-6-11-15/h1-6,8-11,16-21H,7,12-13H2. The van der Waals surface area contributed by atoms with Crippen molar-refractivity contribution >= 4 is 11.9 Å². The van der Waals surface area contributed by atoms with Gasteiger partial charge >= 0.3 is 11.9 Å². The number of hydrogen-bond acceptors (Lipinski definition) is 5. The summed E-state index contributed by atoms with van der Waals surface area (Å²) in [5.74, 6) is -0.0513. The monoisotopic (exact) mass is 378 g/mol. The minimum absolute atomic E-state index is 0.196. The molecule has 0 amide bonds. The van der Waals surface area contributed by atoms with Crippen LogP contribution in [0.5, 0.6) is 0 Å². The predicted octanol–water partition coefficient (Wildman–Crippen LogP) is 3.63. The number of esters is 2. The van der Waals surface area contributed by atoms with Crippen molar-refractivity contribution in [3.05, 3.63) is 71.8 Å². The Labute approximate surface area is 163 Å². The van der Waals surface area contributed by atoms with E-state index in [9.17, 15) is 9.59 Å². The van der Waals surface area contributed by atoms with E-state index in [1.165, 1.54) is 0 Å². The van der Waals surface area contributed by atoms with Crippen LogP contribution in [0, 0.1) is 11.8 Å². The van der Waals surface area contributed by atoms with Gasteiger partial charge in [-0.3, -0.25) is 0 Å². The van der Waals surface area contributed by atoms with Gasteiger partial charge in [-0.05, 0) is 48.9 Å². The third kappa shape index (κ3) is 2.90. The van der Waals surface area contributed by atoms with Crippen molar-refractivity contribution in [2.24, 2.45) is 11.8 Å². The second-order valence-electron chi connectivity index (χ2n) is 7.80. The number of benzene rings is 2. The summed E-state index contributed by atoms with van der Waals surface area (Å²) in [6.07, 6.45) is 1.77. The molecule has 144 valence electrons. The first-order valence-corrected chi connectivity index (χ1v) is 9.90. The van der Waals surface area contributed by atoms with E-state index in [1.807, 2.05) is 12.1 Å². The fourth-order valence-electron chi connectivity index (χ4n) is 5.03. The van der Waals surface area contributed by atoms with Crippen molar-refractivity contribution in [2.75, 3.05) is 0 Å². The molecule has 2 aliphatic heterocycles. The maximum Gasteiger partial charge on any atom is 0.338 e. The SMILES string of the molecule is O=C(OC1C2OC(C3CCCC32)C1OC(=O)c1ccccc1)c1ccccc1. The van der Waals surface area contributed by atoms with E-state index in [-0.39, 0.29) is 12.2 Å². The molecule has 0 radical (unpaired) electrons. The largest absolute Gasteiger partial charge is 0.452 e. The molecule has 28 heavy (non-hydrogen) atoms. The van der Waals surface area contributed by atoms with Crippen molar-refractivity contribution < 1.29 is 23.8 Å². The average Bonchev–Trinajstić information content (AvgIpc) is 3.43. The molecule has 1 aliphatic carbocycles. The van der Waals surface area contributed by atoms with Gasteiger partial charge in [0.2, 0.25) is 0 Å². The summed E-state index contributed by atoms with van der Waals surface area (Å²) in [6.45, 7) is 0. The second-order valence-corrected chi connectivity index (χ2v) is 7.80. The lowest BCUT2D eigenvalue weighted by atomic mass is 9.78. The number of ether oxygens (including phenoxy) is 3. The van der Waals surface area contributed by atoms with E-state index in [0.29, 0.717) is 23.0 Å². The molecule has 0 spiro atoms. The molecule has 5 rings (SSSR count). The number of carbonyl (C=O) groups is 2. The molecule has 2 bridgehead atoms. The summed E-state index contributed by atoms with van der Waals surface area (Å²) < 4.78 is 17.9. The van der Waals surface area contributed by atoms with Gasteiger partial charge in [0.15, 0.2) is 12.2 Å². The zero-order chi connectivity index (χ0) is 19.1. The molecule has 5 heteroatoms. The Balaban J connectivity index is 1.38. The van der Waals surface area contributed by atoms with Crippen LogP contribution in [0.3, 0.4) is 0 Å². The summed E-state index contributed by atoms with van der Waals surface area (Å²) in [5.41, 5.74) is 0.975. The van der Waals surface area contributed by atoms with Crippen LogP contribution in [0.1, 0.15) is 40.0 Å². The Morgan fingerprint density at radius 2 is 1.14 bits per heavy atom. The Bertz CT molecular complexity index is 794. The van der Waals surface area contributed by atoms with Crippen LogP contribution in [-0.4, -0.2) is 36.4 Å². The fourth-order valence-corrected chi connectivity index (χ4v) is 5.03. The lowest BCUT2D eigenvalue weighted by Crippen LogP contribution is -2.49. The molecule has 0 aromatic heterocycles. The van der Waals surface area contributed by atoms with Crippen LogP contribution in [0.15, 0.2) is 60.7 Å². The van der Waals surface area contributed by atoms with E-state index in [4.69, 9.17) is 14.2 Å². The second kappa shape index (κ2) is 7.06. The maximum absolute atomic E-state index is 12.7. The minimum Gasteiger partial charge on any atom is -0.452 e. The molecule has 2 aromatic rings. The molecular formula is C23H22O5. The summed E-state index contributed by atoms with van der Waals surface area (Å²) in [6, 6.07) is 17.8. The van der Waals surface area contributed by atoms with Crippen LogP contribution < -0.4 is 0 Å². The Hall–Kier alpha value is -2.66. The third-order valence-corrected chi connectivity index (χ3v) is 6.26. The first-order chi connectivity index (χ1) is 13.7. The Morgan fingerprint density at radius 1 is 0.714 bits per heavy atom. The molecule has 1 saturated carbocycles. The zero-order valence-corrected chi connectivity index (χ0v) is 15.4. The van der Waals surface area contributed by atoms with E-state index < -0.39 is 24.1 Å². The van der Waals surface area contributed by atoms with Crippen molar-refractivity contribution in [3.8, 4) is 0 Å². The van der Waals surface area contributed by atoms with Crippen molar-refractivity contribution in [3.63, 3.8) is 0 Å². The summed E-state index contributed by atoms with van der Waals surface area (Å²) >= 11 is 0. The van der Waals surface area contributed by atoms with Crippen LogP contribution in [0.2, 0.25) is 0 Å². The molecule has 3 fully saturated rings. The molecule has 6 atom stereocenters. The van der Waals surface area contributed by atoms with Crippen LogP contribution in [0.4, 0.5) is 0 Å². The highest BCUT2D eigenvalue weighted by Gasteiger charge is 2.63. The predicted molar refractivity (Wildman–Crippen MR) is 101 cm³/mol. The summed E-state index contributed by atoms with van der Waals surface area (Å²) in [7, 11) is 0. The van der Waals surface area contributed by atoms with Gasteiger partial charge in [-0.2, -0.15) is 0 Å². The number of hydrogen-bond donors (Lipinski definition) is 0. The molecule has 2 aromatic carbocycles. The molecule has 3 aliphatic rings. The quantitative estimate of drug-likeness (QED) is 0.760. The van der Waals surface area contributed by atoms with Crippen LogP contribution in [0.25, 0.3) is 0 Å². The first kappa shape index (κ1) is 17.4. The van der Waals surface area contributed by atoms with Gasteiger partial charge < -0.3 is 14.2 Å². The smallest absolute Gasteiger partial charge is 0.338 e. The van der Waals surface area contributed by atoms with Crippen LogP contribution in [-0.2, 0) is 14.2 Å². The van der Waals surface area contributed by atoms with E-state index >= 15 is 0 Å². The summed E-state index contributed by atoms with van der Waals surface area (Å²) in [5, 5.41) is 0. The molecule has 2 heterocycles. The molecule has 0 N–H and O–H groups in total. The van der Waals surface area contributed by atoms with Crippen molar-refractivity contribution in [1.82, 2.24) is 0 Å². The minimum atomic E-state index is -0.565. The van der Waals surface area contributed by atoms with E-state index in [2.05, 4.69) is 0 Å². The average molecular weight is 378 g/mol. The molecule has 5 nitrogen and oxygen atoms in total. The van der Waals surface area contributed by atoms with Crippen LogP contribution >= 0.6 is 0 Å².